The van der Waals surface area contributed by atoms with Crippen LogP contribution in [0.1, 0.15) is 50.5 Å². The van der Waals surface area contributed by atoms with Gasteiger partial charge in [-0.25, -0.2) is 0 Å². The van der Waals surface area contributed by atoms with Crippen molar-refractivity contribution in [3.8, 4) is 0 Å². The smallest absolute Gasteiger partial charge is 0.226 e. The molecule has 1 aromatic carbocycles. The number of amides is 2. The number of hydrogen-bond donors (Lipinski definition) is 1. The third-order valence-electron chi connectivity index (χ3n) is 6.94. The number of carbonyl (C=O) groups excluding carboxylic acids is 2. The first-order valence-electron chi connectivity index (χ1n) is 10.2. The number of rotatable bonds is 6. The number of benzene rings is 1. The molecule has 2 amide bonds. The van der Waals surface area contributed by atoms with Crippen LogP contribution in [0.4, 0.5) is 0 Å². The van der Waals surface area contributed by atoms with Crippen LogP contribution in [0, 0.1) is 23.2 Å². The van der Waals surface area contributed by atoms with Crippen molar-refractivity contribution in [2.24, 2.45) is 23.2 Å². The highest BCUT2D eigenvalue weighted by atomic mass is 79.9. The zero-order chi connectivity index (χ0) is 19.0. The van der Waals surface area contributed by atoms with E-state index >= 15 is 0 Å². The molecule has 0 heterocycles. The average molecular weight is 433 g/mol. The van der Waals surface area contributed by atoms with Crippen molar-refractivity contribution in [1.29, 1.82) is 0 Å². The van der Waals surface area contributed by atoms with Crippen LogP contribution in [0.15, 0.2) is 28.7 Å². The van der Waals surface area contributed by atoms with Gasteiger partial charge >= 0.3 is 0 Å². The van der Waals surface area contributed by atoms with Crippen LogP contribution >= 0.6 is 15.9 Å². The van der Waals surface area contributed by atoms with Gasteiger partial charge in [0.05, 0.1) is 0 Å². The zero-order valence-corrected chi connectivity index (χ0v) is 17.6. The van der Waals surface area contributed by atoms with Gasteiger partial charge in [-0.05, 0) is 67.9 Å². The second-order valence-electron chi connectivity index (χ2n) is 9.04. The first kappa shape index (κ1) is 19.0. The Morgan fingerprint density at radius 2 is 1.70 bits per heavy atom. The fraction of sp³-hybridized carbons (Fsp3) is 0.636. The van der Waals surface area contributed by atoms with E-state index in [1.807, 2.05) is 31.3 Å². The van der Waals surface area contributed by atoms with Gasteiger partial charge in [-0.2, -0.15) is 0 Å². The van der Waals surface area contributed by atoms with Crippen LogP contribution in [0.25, 0.3) is 0 Å². The van der Waals surface area contributed by atoms with E-state index in [2.05, 4.69) is 21.2 Å². The van der Waals surface area contributed by atoms with Crippen molar-refractivity contribution >= 4 is 27.7 Å². The summed E-state index contributed by atoms with van der Waals surface area (Å²) >= 11 is 3.53. The highest BCUT2D eigenvalue weighted by Gasteiger charge is 2.54. The number of nitrogens with zero attached hydrogens (tertiary/aromatic N) is 1. The summed E-state index contributed by atoms with van der Waals surface area (Å²) in [6.45, 7) is 1.02. The SMILES string of the molecule is CN(Cc1ccccc1Br)C(=O)CCNC(=O)C12CC3CC(CC(C3)C1)C2. The summed E-state index contributed by atoms with van der Waals surface area (Å²) in [5.41, 5.74) is 0.962. The Morgan fingerprint density at radius 1 is 1.11 bits per heavy atom. The van der Waals surface area contributed by atoms with Gasteiger partial charge in [0.2, 0.25) is 11.8 Å². The van der Waals surface area contributed by atoms with Crippen LogP contribution in [-0.4, -0.2) is 30.3 Å². The maximum absolute atomic E-state index is 12.9. The summed E-state index contributed by atoms with van der Waals surface area (Å²) in [7, 11) is 1.82. The lowest BCUT2D eigenvalue weighted by Gasteiger charge is -2.55. The molecule has 27 heavy (non-hydrogen) atoms. The zero-order valence-electron chi connectivity index (χ0n) is 16.0. The Balaban J connectivity index is 1.26. The van der Waals surface area contributed by atoms with Gasteiger partial charge in [0.15, 0.2) is 0 Å². The number of carbonyl (C=O) groups is 2. The fourth-order valence-electron chi connectivity index (χ4n) is 6.02. The van der Waals surface area contributed by atoms with Crippen molar-refractivity contribution in [1.82, 2.24) is 10.2 Å². The Kier molecular flexibility index (Phi) is 5.32. The maximum Gasteiger partial charge on any atom is 0.226 e. The van der Waals surface area contributed by atoms with Crippen LogP contribution < -0.4 is 5.32 Å². The molecule has 4 nitrogen and oxygen atoms in total. The molecule has 0 aromatic heterocycles. The second-order valence-corrected chi connectivity index (χ2v) is 9.90. The number of halogens is 1. The molecular formula is C22H29BrN2O2. The van der Waals surface area contributed by atoms with E-state index in [0.717, 1.165) is 47.1 Å². The van der Waals surface area contributed by atoms with Gasteiger partial charge in [-0.15, -0.1) is 0 Å². The molecule has 1 N–H and O–H groups in total. The summed E-state index contributed by atoms with van der Waals surface area (Å²) in [6, 6.07) is 7.95. The van der Waals surface area contributed by atoms with Gasteiger partial charge < -0.3 is 10.2 Å². The lowest BCUT2D eigenvalue weighted by atomic mass is 9.49. The molecule has 4 bridgehead atoms. The molecule has 146 valence electrons. The van der Waals surface area contributed by atoms with Crippen molar-refractivity contribution in [3.05, 3.63) is 34.3 Å². The van der Waals surface area contributed by atoms with Gasteiger partial charge in [0.1, 0.15) is 0 Å². The Bertz CT molecular complexity index is 697. The molecule has 4 aliphatic rings. The van der Waals surface area contributed by atoms with E-state index in [1.54, 1.807) is 4.90 Å². The molecule has 0 aliphatic heterocycles. The molecule has 0 radical (unpaired) electrons. The van der Waals surface area contributed by atoms with Crippen molar-refractivity contribution in [2.75, 3.05) is 13.6 Å². The summed E-state index contributed by atoms with van der Waals surface area (Å²) in [5, 5.41) is 3.11. The van der Waals surface area contributed by atoms with Crippen molar-refractivity contribution < 1.29 is 9.59 Å². The largest absolute Gasteiger partial charge is 0.355 e. The molecule has 0 unspecified atom stereocenters. The molecule has 5 rings (SSSR count). The fourth-order valence-corrected chi connectivity index (χ4v) is 6.43. The van der Waals surface area contributed by atoms with Crippen molar-refractivity contribution in [3.63, 3.8) is 0 Å². The number of nitrogens with one attached hydrogen (secondary N) is 1. The Labute approximate surface area is 170 Å². The van der Waals surface area contributed by atoms with Crippen LogP contribution in [0.5, 0.6) is 0 Å². The minimum Gasteiger partial charge on any atom is -0.355 e. The average Bonchev–Trinajstić information content (AvgIpc) is 2.62. The van der Waals surface area contributed by atoms with Gasteiger partial charge in [-0.3, -0.25) is 9.59 Å². The molecule has 1 aromatic rings. The van der Waals surface area contributed by atoms with E-state index in [9.17, 15) is 9.59 Å². The van der Waals surface area contributed by atoms with E-state index in [-0.39, 0.29) is 17.2 Å². The summed E-state index contributed by atoms with van der Waals surface area (Å²) in [6.07, 6.45) is 7.59. The molecular weight excluding hydrogens is 404 g/mol. The van der Waals surface area contributed by atoms with Crippen LogP contribution in [0.3, 0.4) is 0 Å². The van der Waals surface area contributed by atoms with E-state index < -0.39 is 0 Å². The molecule has 4 aliphatic carbocycles. The second kappa shape index (κ2) is 7.57. The molecule has 5 heteroatoms. The predicted octanol–water partition coefficient (Wildman–Crippen LogP) is 4.13. The molecule has 4 fully saturated rings. The maximum atomic E-state index is 12.9. The quantitative estimate of drug-likeness (QED) is 0.734. The lowest BCUT2D eigenvalue weighted by Crippen LogP contribution is -2.53. The molecule has 4 saturated carbocycles. The van der Waals surface area contributed by atoms with Crippen molar-refractivity contribution in [2.45, 2.75) is 51.5 Å². The molecule has 0 atom stereocenters. The van der Waals surface area contributed by atoms with Crippen LogP contribution in [0.2, 0.25) is 0 Å². The Hall–Kier alpha value is -1.36. The monoisotopic (exact) mass is 432 g/mol. The summed E-state index contributed by atoms with van der Waals surface area (Å²) in [4.78, 5) is 27.1. The summed E-state index contributed by atoms with van der Waals surface area (Å²) < 4.78 is 1.01. The predicted molar refractivity (Wildman–Crippen MR) is 109 cm³/mol. The standard InChI is InChI=1S/C22H29BrN2O2/c1-25(14-18-4-2-3-5-19(18)23)20(26)6-7-24-21(27)22-11-15-8-16(12-22)10-17(9-15)13-22/h2-5,15-17H,6-14H2,1H3,(H,24,27). The third kappa shape index (κ3) is 3.94. The minimum absolute atomic E-state index is 0.0663. The van der Waals surface area contributed by atoms with E-state index in [1.165, 1.54) is 19.3 Å². The normalized spacial score (nSPS) is 31.0. The van der Waals surface area contributed by atoms with Gasteiger partial charge in [0, 0.05) is 36.4 Å². The number of hydrogen-bond acceptors (Lipinski definition) is 2. The summed E-state index contributed by atoms with van der Waals surface area (Å²) in [5.74, 6) is 2.57. The molecule has 0 spiro atoms. The Morgan fingerprint density at radius 3 is 2.30 bits per heavy atom. The van der Waals surface area contributed by atoms with E-state index in [4.69, 9.17) is 0 Å². The van der Waals surface area contributed by atoms with E-state index in [0.29, 0.717) is 19.5 Å². The first-order chi connectivity index (χ1) is 12.9. The highest BCUT2D eigenvalue weighted by molar-refractivity contribution is 9.10. The topological polar surface area (TPSA) is 49.4 Å². The highest BCUT2D eigenvalue weighted by Crippen LogP contribution is 2.60. The van der Waals surface area contributed by atoms with Gasteiger partial charge in [-0.1, -0.05) is 34.1 Å². The third-order valence-corrected chi connectivity index (χ3v) is 7.71. The first-order valence-corrected chi connectivity index (χ1v) is 11.0. The lowest BCUT2D eigenvalue weighted by molar-refractivity contribution is -0.146. The van der Waals surface area contributed by atoms with Crippen LogP contribution in [-0.2, 0) is 16.1 Å². The minimum atomic E-state index is -0.126. The molecule has 0 saturated heterocycles. The van der Waals surface area contributed by atoms with Gasteiger partial charge in [0.25, 0.3) is 0 Å².